The average molecular weight is 653 g/mol. The summed E-state index contributed by atoms with van der Waals surface area (Å²) in [5, 5.41) is 7.02. The highest BCUT2D eigenvalue weighted by Gasteiger charge is 2.31. The zero-order valence-corrected chi connectivity index (χ0v) is 25.9. The predicted octanol–water partition coefficient (Wildman–Crippen LogP) is 6.27. The van der Waals surface area contributed by atoms with E-state index in [-0.39, 0.29) is 35.3 Å². The molecule has 2 aliphatic rings. The van der Waals surface area contributed by atoms with Gasteiger partial charge in [-0.05, 0) is 29.9 Å². The first-order chi connectivity index (χ1) is 21.8. The molecular formula is C32H37F5N4O3S. The van der Waals surface area contributed by atoms with E-state index in [0.29, 0.717) is 43.2 Å². The Balaban J connectivity index is 1.34. The molecular weight excluding hydrogens is 615 g/mol. The van der Waals surface area contributed by atoms with Crippen LogP contribution in [0.4, 0.5) is 39.0 Å². The number of ether oxygens (including phenoxy) is 3. The summed E-state index contributed by atoms with van der Waals surface area (Å²) in [4.78, 5) is 4.46. The molecule has 0 saturated carbocycles. The Morgan fingerprint density at radius 2 is 1.87 bits per heavy atom. The van der Waals surface area contributed by atoms with Gasteiger partial charge in [-0.15, -0.1) is 11.3 Å². The highest BCUT2D eigenvalue weighted by atomic mass is 32.1. The van der Waals surface area contributed by atoms with Gasteiger partial charge in [0, 0.05) is 58.0 Å². The highest BCUT2D eigenvalue weighted by Crippen LogP contribution is 2.39. The SMILES string of the molecule is COCCN1CCC(Nc2cccc3c(CC(F)(F)F)c(C#CCNc4cc(F)c(N5CCOCC5)cc4OCF)sc23)CC1. The lowest BCUT2D eigenvalue weighted by Crippen LogP contribution is -2.40. The Hall–Kier alpha value is -3.31. The molecule has 0 spiro atoms. The van der Waals surface area contributed by atoms with E-state index in [9.17, 15) is 17.6 Å². The lowest BCUT2D eigenvalue weighted by molar-refractivity contribution is -0.126. The van der Waals surface area contributed by atoms with Crippen molar-refractivity contribution in [3.8, 4) is 17.6 Å². The van der Waals surface area contributed by atoms with Crippen LogP contribution in [0.25, 0.3) is 10.1 Å². The van der Waals surface area contributed by atoms with Gasteiger partial charge in [-0.25, -0.2) is 8.78 Å². The number of nitrogens with one attached hydrogen (secondary N) is 2. The van der Waals surface area contributed by atoms with Crippen molar-refractivity contribution in [1.29, 1.82) is 0 Å². The van der Waals surface area contributed by atoms with Gasteiger partial charge in [0.05, 0.1) is 59.4 Å². The number of hydrogen-bond donors (Lipinski definition) is 2. The van der Waals surface area contributed by atoms with Crippen LogP contribution >= 0.6 is 11.3 Å². The van der Waals surface area contributed by atoms with E-state index in [0.717, 1.165) is 42.9 Å². The second-order valence-corrected chi connectivity index (χ2v) is 12.0. The molecule has 2 aliphatic heterocycles. The number of morpholine rings is 1. The Labute approximate surface area is 263 Å². The van der Waals surface area contributed by atoms with E-state index >= 15 is 4.39 Å². The normalized spacial score (nSPS) is 16.4. The highest BCUT2D eigenvalue weighted by molar-refractivity contribution is 7.20. The van der Waals surface area contributed by atoms with Crippen molar-refractivity contribution in [2.75, 3.05) is 88.6 Å². The quantitative estimate of drug-likeness (QED) is 0.187. The van der Waals surface area contributed by atoms with Crippen LogP contribution in [0.15, 0.2) is 30.3 Å². The van der Waals surface area contributed by atoms with Crippen LogP contribution in [-0.2, 0) is 15.9 Å². The molecule has 3 heterocycles. The molecule has 2 fully saturated rings. The largest absolute Gasteiger partial charge is 0.461 e. The number of rotatable bonds is 11. The lowest BCUT2D eigenvalue weighted by Gasteiger charge is -2.32. The minimum absolute atomic E-state index is 0.0224. The van der Waals surface area contributed by atoms with E-state index in [1.165, 1.54) is 23.5 Å². The first-order valence-corrected chi connectivity index (χ1v) is 15.7. The molecule has 2 aromatic carbocycles. The Morgan fingerprint density at radius 1 is 1.09 bits per heavy atom. The van der Waals surface area contributed by atoms with Crippen LogP contribution in [0.5, 0.6) is 5.75 Å². The van der Waals surface area contributed by atoms with Gasteiger partial charge in [0.25, 0.3) is 0 Å². The number of thiophene rings is 1. The van der Waals surface area contributed by atoms with Crippen LogP contribution in [0, 0.1) is 17.7 Å². The summed E-state index contributed by atoms with van der Waals surface area (Å²) in [6, 6.07) is 8.22. The van der Waals surface area contributed by atoms with E-state index in [2.05, 4.69) is 27.4 Å². The molecule has 45 heavy (non-hydrogen) atoms. The monoisotopic (exact) mass is 652 g/mol. The van der Waals surface area contributed by atoms with Crippen LogP contribution in [-0.4, -0.2) is 90.2 Å². The zero-order chi connectivity index (χ0) is 31.8. The number of piperidine rings is 1. The fourth-order valence-corrected chi connectivity index (χ4v) is 6.84. The van der Waals surface area contributed by atoms with Crippen LogP contribution < -0.4 is 20.3 Å². The van der Waals surface area contributed by atoms with Crippen molar-refractivity contribution in [3.63, 3.8) is 0 Å². The number of benzene rings is 2. The van der Waals surface area contributed by atoms with Gasteiger partial charge in [-0.1, -0.05) is 24.0 Å². The molecule has 1 aromatic heterocycles. The number of anilines is 3. The molecule has 0 unspecified atom stereocenters. The van der Waals surface area contributed by atoms with Gasteiger partial charge in [0.1, 0.15) is 11.6 Å². The molecule has 2 saturated heterocycles. The van der Waals surface area contributed by atoms with Gasteiger partial charge in [-0.2, -0.15) is 13.2 Å². The summed E-state index contributed by atoms with van der Waals surface area (Å²) in [5.41, 5.74) is 1.41. The van der Waals surface area contributed by atoms with Crippen molar-refractivity contribution in [3.05, 3.63) is 46.6 Å². The number of hydrogen-bond acceptors (Lipinski definition) is 8. The Morgan fingerprint density at radius 3 is 2.58 bits per heavy atom. The van der Waals surface area contributed by atoms with Crippen molar-refractivity contribution in [2.45, 2.75) is 31.5 Å². The number of alkyl halides is 4. The third-order valence-corrected chi connectivity index (χ3v) is 9.13. The summed E-state index contributed by atoms with van der Waals surface area (Å²) in [7, 11) is 1.68. The van der Waals surface area contributed by atoms with Crippen molar-refractivity contribution < 1.29 is 36.2 Å². The standard InChI is InChI=1S/C32H37F5N4O3S/c1-42-15-12-40-10-7-22(8-11-40)39-26-5-2-4-23-24(20-32(35,36)37)30(45-31(23)26)6-3-9-38-27-18-25(34)28(19-29(27)44-21-33)41-13-16-43-17-14-41/h2,4-5,18-19,22,38-39H,7-17,20-21H2,1H3. The number of halogens is 5. The van der Waals surface area contributed by atoms with E-state index in [1.807, 2.05) is 6.07 Å². The van der Waals surface area contributed by atoms with E-state index in [4.69, 9.17) is 14.2 Å². The molecule has 244 valence electrons. The van der Waals surface area contributed by atoms with Gasteiger partial charge in [0.15, 0.2) is 0 Å². The minimum atomic E-state index is -4.42. The van der Waals surface area contributed by atoms with Gasteiger partial charge in [0.2, 0.25) is 6.86 Å². The zero-order valence-electron chi connectivity index (χ0n) is 25.1. The second kappa shape index (κ2) is 15.3. The summed E-state index contributed by atoms with van der Waals surface area (Å²) < 4.78 is 85.5. The van der Waals surface area contributed by atoms with Crippen molar-refractivity contribution in [2.24, 2.45) is 0 Å². The molecule has 0 atom stereocenters. The van der Waals surface area contributed by atoms with E-state index in [1.54, 1.807) is 24.1 Å². The summed E-state index contributed by atoms with van der Waals surface area (Å²) >= 11 is 1.23. The number of nitrogens with zero attached hydrogens (tertiary/aromatic N) is 2. The minimum Gasteiger partial charge on any atom is -0.461 e. The van der Waals surface area contributed by atoms with Crippen LogP contribution in [0.2, 0.25) is 0 Å². The Bertz CT molecular complexity index is 1490. The molecule has 0 amide bonds. The van der Waals surface area contributed by atoms with Gasteiger partial charge >= 0.3 is 6.18 Å². The van der Waals surface area contributed by atoms with E-state index < -0.39 is 25.3 Å². The number of methoxy groups -OCH3 is 1. The molecule has 0 aliphatic carbocycles. The fraction of sp³-hybridized carbons (Fsp3) is 0.500. The first kappa shape index (κ1) is 33.1. The van der Waals surface area contributed by atoms with Gasteiger partial charge in [-0.3, -0.25) is 0 Å². The van der Waals surface area contributed by atoms with Crippen LogP contribution in [0.3, 0.4) is 0 Å². The molecule has 5 rings (SSSR count). The average Bonchev–Trinajstić information content (AvgIpc) is 3.37. The summed E-state index contributed by atoms with van der Waals surface area (Å²) in [6.45, 7) is 4.15. The molecule has 13 heteroatoms. The van der Waals surface area contributed by atoms with Crippen molar-refractivity contribution >= 4 is 38.5 Å². The molecule has 2 N–H and O–H groups in total. The smallest absolute Gasteiger partial charge is 0.393 e. The molecule has 3 aromatic rings. The first-order valence-electron chi connectivity index (χ1n) is 14.9. The van der Waals surface area contributed by atoms with Crippen LogP contribution in [0.1, 0.15) is 23.3 Å². The van der Waals surface area contributed by atoms with Crippen molar-refractivity contribution in [1.82, 2.24) is 4.90 Å². The predicted molar refractivity (Wildman–Crippen MR) is 168 cm³/mol. The number of fused-ring (bicyclic) bond motifs is 1. The summed E-state index contributed by atoms with van der Waals surface area (Å²) in [5.74, 6) is 5.38. The summed E-state index contributed by atoms with van der Waals surface area (Å²) in [6.07, 6.45) is -3.68. The lowest BCUT2D eigenvalue weighted by atomic mass is 10.0. The molecule has 0 bridgehead atoms. The Kier molecular flexibility index (Phi) is 11.3. The molecule has 0 radical (unpaired) electrons. The third-order valence-electron chi connectivity index (χ3n) is 7.93. The maximum absolute atomic E-state index is 15.0. The maximum Gasteiger partial charge on any atom is 0.393 e. The fourth-order valence-electron chi connectivity index (χ4n) is 5.67. The maximum atomic E-state index is 15.0. The second-order valence-electron chi connectivity index (χ2n) is 10.9. The third kappa shape index (κ3) is 8.70. The molecule has 7 nitrogen and oxygen atoms in total. The van der Waals surface area contributed by atoms with Gasteiger partial charge < -0.3 is 34.6 Å². The topological polar surface area (TPSA) is 58.2 Å². The number of likely N-dealkylation sites (tertiary alicyclic amines) is 1.